The van der Waals surface area contributed by atoms with Crippen LogP contribution < -0.4 is 5.73 Å². The summed E-state index contributed by atoms with van der Waals surface area (Å²) < 4.78 is 2.34. The minimum Gasteiger partial charge on any atom is -0.348 e. The number of hydrogen-bond donors (Lipinski definition) is 1. The van der Waals surface area contributed by atoms with Gasteiger partial charge in [-0.25, -0.2) is 0 Å². The highest BCUT2D eigenvalue weighted by molar-refractivity contribution is 5.86. The molecule has 1 aliphatic rings. The molecule has 2 nitrogen and oxygen atoms in total. The van der Waals surface area contributed by atoms with E-state index < -0.39 is 0 Å². The Balaban J connectivity index is 2.17. The zero-order chi connectivity index (χ0) is 14.3. The molecule has 2 N–H and O–H groups in total. The van der Waals surface area contributed by atoms with Gasteiger partial charge >= 0.3 is 0 Å². The van der Waals surface area contributed by atoms with Crippen LogP contribution in [-0.2, 0) is 7.05 Å². The Morgan fingerprint density at radius 1 is 1.25 bits per heavy atom. The van der Waals surface area contributed by atoms with Crippen LogP contribution in [0.5, 0.6) is 0 Å². The van der Waals surface area contributed by atoms with Crippen molar-refractivity contribution < 1.29 is 0 Å². The van der Waals surface area contributed by atoms with Gasteiger partial charge in [-0.05, 0) is 56.8 Å². The minimum atomic E-state index is 0.531. The fourth-order valence-electron chi connectivity index (χ4n) is 4.09. The van der Waals surface area contributed by atoms with E-state index in [1.807, 2.05) is 0 Å². The van der Waals surface area contributed by atoms with E-state index >= 15 is 0 Å². The second kappa shape index (κ2) is 5.25. The third kappa shape index (κ3) is 2.07. The van der Waals surface area contributed by atoms with E-state index in [4.69, 9.17) is 5.73 Å². The molecule has 0 saturated heterocycles. The molecule has 0 radical (unpaired) electrons. The Morgan fingerprint density at radius 2 is 1.95 bits per heavy atom. The fraction of sp³-hybridized carbons (Fsp3) is 0.556. The van der Waals surface area contributed by atoms with Crippen LogP contribution in [0.25, 0.3) is 10.9 Å². The number of aryl methyl sites for hydroxylation is 2. The van der Waals surface area contributed by atoms with Crippen LogP contribution in [0.15, 0.2) is 18.2 Å². The van der Waals surface area contributed by atoms with E-state index in [9.17, 15) is 0 Å². The summed E-state index contributed by atoms with van der Waals surface area (Å²) in [5.41, 5.74) is 11.8. The minimum absolute atomic E-state index is 0.531. The van der Waals surface area contributed by atoms with Gasteiger partial charge in [-0.2, -0.15) is 0 Å². The predicted octanol–water partition coefficient (Wildman–Crippen LogP) is 4.03. The Bertz CT molecular complexity index is 618. The number of benzene rings is 1. The first-order chi connectivity index (χ1) is 9.63. The Labute approximate surface area is 122 Å². The molecular weight excluding hydrogens is 244 g/mol. The average molecular weight is 270 g/mol. The summed E-state index contributed by atoms with van der Waals surface area (Å²) >= 11 is 0. The molecule has 3 rings (SSSR count). The molecule has 1 heterocycles. The summed E-state index contributed by atoms with van der Waals surface area (Å²) in [5.74, 6) is 1.31. The van der Waals surface area contributed by atoms with Gasteiger partial charge < -0.3 is 10.3 Å². The van der Waals surface area contributed by atoms with Gasteiger partial charge in [-0.15, -0.1) is 0 Å². The molecule has 1 aromatic carbocycles. The molecule has 2 heteroatoms. The van der Waals surface area contributed by atoms with Crippen LogP contribution in [0.2, 0.25) is 0 Å². The number of aromatic nitrogens is 1. The summed E-state index contributed by atoms with van der Waals surface area (Å²) in [5, 5.41) is 1.42. The Kier molecular flexibility index (Phi) is 3.59. The largest absolute Gasteiger partial charge is 0.348 e. The smallest absolute Gasteiger partial charge is 0.0482 e. The summed E-state index contributed by atoms with van der Waals surface area (Å²) in [6, 6.07) is 6.80. The highest BCUT2D eigenvalue weighted by Crippen LogP contribution is 2.41. The van der Waals surface area contributed by atoms with Crippen molar-refractivity contribution in [3.05, 3.63) is 35.0 Å². The van der Waals surface area contributed by atoms with Crippen LogP contribution in [0.3, 0.4) is 0 Å². The van der Waals surface area contributed by atoms with Crippen LogP contribution in [0.1, 0.15) is 48.4 Å². The normalized spacial score (nSPS) is 18.0. The van der Waals surface area contributed by atoms with Gasteiger partial charge in [0.25, 0.3) is 0 Å². The van der Waals surface area contributed by atoms with Crippen molar-refractivity contribution >= 4 is 10.9 Å². The van der Waals surface area contributed by atoms with Crippen LogP contribution in [0, 0.1) is 19.8 Å². The third-order valence-corrected chi connectivity index (χ3v) is 5.29. The fourth-order valence-corrected chi connectivity index (χ4v) is 4.09. The van der Waals surface area contributed by atoms with Crippen molar-refractivity contribution in [2.75, 3.05) is 6.54 Å². The first-order valence-corrected chi connectivity index (χ1v) is 7.89. The number of hydrogen-bond acceptors (Lipinski definition) is 1. The topological polar surface area (TPSA) is 30.9 Å². The van der Waals surface area contributed by atoms with E-state index in [1.54, 1.807) is 0 Å². The zero-order valence-electron chi connectivity index (χ0n) is 12.9. The summed E-state index contributed by atoms with van der Waals surface area (Å²) in [7, 11) is 2.18. The molecule has 0 amide bonds. The molecule has 0 bridgehead atoms. The van der Waals surface area contributed by atoms with E-state index in [-0.39, 0.29) is 0 Å². The molecule has 0 spiro atoms. The number of nitrogens with two attached hydrogens (primary N) is 1. The van der Waals surface area contributed by atoms with E-state index in [0.29, 0.717) is 5.92 Å². The average Bonchev–Trinajstić information content (AvgIpc) is 3.03. The number of fused-ring (bicyclic) bond motifs is 1. The predicted molar refractivity (Wildman–Crippen MR) is 86.1 cm³/mol. The molecule has 1 saturated carbocycles. The lowest BCUT2D eigenvalue weighted by Gasteiger charge is -2.23. The highest BCUT2D eigenvalue weighted by atomic mass is 14.9. The second-order valence-electron chi connectivity index (χ2n) is 6.47. The van der Waals surface area contributed by atoms with Crippen LogP contribution >= 0.6 is 0 Å². The third-order valence-electron chi connectivity index (χ3n) is 5.29. The monoisotopic (exact) mass is 270 g/mol. The van der Waals surface area contributed by atoms with Gasteiger partial charge in [0.2, 0.25) is 0 Å². The van der Waals surface area contributed by atoms with Crippen molar-refractivity contribution in [1.29, 1.82) is 0 Å². The molecule has 108 valence electrons. The van der Waals surface area contributed by atoms with Gasteiger partial charge in [0.1, 0.15) is 0 Å². The molecule has 1 aliphatic carbocycles. The van der Waals surface area contributed by atoms with Crippen LogP contribution in [0.4, 0.5) is 0 Å². The van der Waals surface area contributed by atoms with Crippen molar-refractivity contribution in [3.8, 4) is 0 Å². The molecule has 1 unspecified atom stereocenters. The summed E-state index contributed by atoms with van der Waals surface area (Å²) in [6.45, 7) is 5.21. The van der Waals surface area contributed by atoms with E-state index in [0.717, 1.165) is 12.5 Å². The first-order valence-electron chi connectivity index (χ1n) is 7.89. The van der Waals surface area contributed by atoms with Crippen molar-refractivity contribution in [2.24, 2.45) is 18.7 Å². The van der Waals surface area contributed by atoms with Crippen molar-refractivity contribution in [3.63, 3.8) is 0 Å². The molecule has 0 aliphatic heterocycles. The maximum Gasteiger partial charge on any atom is 0.0482 e. The van der Waals surface area contributed by atoms with Gasteiger partial charge in [-0.3, -0.25) is 0 Å². The lowest BCUT2D eigenvalue weighted by Crippen LogP contribution is -2.20. The van der Waals surface area contributed by atoms with Gasteiger partial charge in [0.15, 0.2) is 0 Å². The molecule has 1 atom stereocenters. The van der Waals surface area contributed by atoms with Gasteiger partial charge in [-0.1, -0.05) is 24.5 Å². The molecule has 20 heavy (non-hydrogen) atoms. The number of rotatable bonds is 3. The Morgan fingerprint density at radius 3 is 2.60 bits per heavy atom. The van der Waals surface area contributed by atoms with Gasteiger partial charge in [0.05, 0.1) is 0 Å². The molecular formula is C18H26N2. The first kappa shape index (κ1) is 13.7. The lowest BCUT2D eigenvalue weighted by molar-refractivity contribution is 0.440. The second-order valence-corrected chi connectivity index (χ2v) is 6.47. The van der Waals surface area contributed by atoms with Crippen molar-refractivity contribution in [2.45, 2.75) is 45.4 Å². The quantitative estimate of drug-likeness (QED) is 0.897. The maximum absolute atomic E-state index is 6.18. The summed E-state index contributed by atoms with van der Waals surface area (Å²) in [6.07, 6.45) is 5.46. The lowest BCUT2D eigenvalue weighted by atomic mass is 9.83. The van der Waals surface area contributed by atoms with Crippen LogP contribution in [-0.4, -0.2) is 11.1 Å². The molecule has 2 aromatic rings. The maximum atomic E-state index is 6.18. The van der Waals surface area contributed by atoms with Gasteiger partial charge in [0, 0.05) is 29.6 Å². The molecule has 1 aromatic heterocycles. The SMILES string of the molecule is Cc1ccc2c(c1)c(C(CN)C1CCCC1)c(C)n2C. The standard InChI is InChI=1S/C18H26N2/c1-12-8-9-17-15(10-12)18(13(2)20(17)3)16(11-19)14-6-4-5-7-14/h8-10,14,16H,4-7,11,19H2,1-3H3. The Hall–Kier alpha value is -1.28. The number of nitrogens with zero attached hydrogens (tertiary/aromatic N) is 1. The van der Waals surface area contributed by atoms with E-state index in [2.05, 4.69) is 43.7 Å². The van der Waals surface area contributed by atoms with Crippen molar-refractivity contribution in [1.82, 2.24) is 4.57 Å². The molecule has 1 fully saturated rings. The highest BCUT2D eigenvalue weighted by Gasteiger charge is 2.29. The summed E-state index contributed by atoms with van der Waals surface area (Å²) in [4.78, 5) is 0. The zero-order valence-corrected chi connectivity index (χ0v) is 12.9. The van der Waals surface area contributed by atoms with E-state index in [1.165, 1.54) is 53.4 Å².